The van der Waals surface area contributed by atoms with Gasteiger partial charge in [0.2, 0.25) is 10.0 Å². The van der Waals surface area contributed by atoms with Gasteiger partial charge in [-0.3, -0.25) is 19.3 Å². The van der Waals surface area contributed by atoms with E-state index in [-0.39, 0.29) is 30.4 Å². The minimum absolute atomic E-state index is 0. The molecule has 7 nitrogen and oxygen atoms in total. The first-order valence-electron chi connectivity index (χ1n) is 8.58. The largest absolute Gasteiger partial charge is 0.293 e. The van der Waals surface area contributed by atoms with Crippen LogP contribution in [0.15, 0.2) is 72.9 Å². The summed E-state index contributed by atoms with van der Waals surface area (Å²) in [5, 5.41) is 0. The summed E-state index contributed by atoms with van der Waals surface area (Å²) in [6.07, 6.45) is 1.30. The van der Waals surface area contributed by atoms with Crippen molar-refractivity contribution in [2.24, 2.45) is 0 Å². The van der Waals surface area contributed by atoms with E-state index in [1.54, 1.807) is 0 Å². The van der Waals surface area contributed by atoms with Gasteiger partial charge in [-0.15, -0.1) is 12.4 Å². The molecule has 0 radical (unpaired) electrons. The highest BCUT2D eigenvalue weighted by atomic mass is 35.5. The molecule has 0 atom stereocenters. The third-order valence-corrected chi connectivity index (χ3v) is 5.02. The van der Waals surface area contributed by atoms with Gasteiger partial charge in [0, 0.05) is 6.20 Å². The van der Waals surface area contributed by atoms with Crippen molar-refractivity contribution >= 4 is 34.0 Å². The fraction of sp³-hybridized carbons (Fsp3) is 0.100. The van der Waals surface area contributed by atoms with Crippen molar-refractivity contribution in [2.45, 2.75) is 12.4 Å². The molecule has 0 saturated carbocycles. The molecule has 0 aliphatic heterocycles. The maximum Gasteiger partial charge on any atom is 0.293 e. The highest BCUT2D eigenvalue weighted by Gasteiger charge is 2.14. The number of sulfonamides is 1. The van der Waals surface area contributed by atoms with E-state index in [0.717, 1.165) is 11.6 Å². The van der Waals surface area contributed by atoms with Crippen molar-refractivity contribution in [1.82, 2.24) is 10.5 Å². The molecule has 0 aliphatic rings. The fourth-order valence-corrected chi connectivity index (χ4v) is 3.67. The summed E-state index contributed by atoms with van der Waals surface area (Å²) in [5.41, 5.74) is 3.58. The van der Waals surface area contributed by atoms with Crippen LogP contribution in [0.1, 0.15) is 21.6 Å². The number of hydrogen-bond donors (Lipinski definition) is 2. The zero-order valence-corrected chi connectivity index (χ0v) is 17.3. The molecular weight excluding hydrogens is 433 g/mol. The Bertz CT molecular complexity index is 1100. The van der Waals surface area contributed by atoms with Crippen molar-refractivity contribution in [3.05, 3.63) is 95.6 Å². The quantitative estimate of drug-likeness (QED) is 0.511. The standard InChI is InChI=1S/C20H18FN3O4S.ClH/c21-17-8-4-7-16(11-17)14-29(26,27)24-18-9-10-22-19(12-18)20(25)23-28-13-15-5-2-1-3-6-15;/h1-12H,13-14H2,(H,22,24)(H,23,25);1H. The molecule has 1 heterocycles. The fourth-order valence-electron chi connectivity index (χ4n) is 2.49. The molecule has 1 amide bonds. The molecule has 3 aromatic rings. The molecule has 30 heavy (non-hydrogen) atoms. The highest BCUT2D eigenvalue weighted by Crippen LogP contribution is 2.14. The Balaban J connectivity index is 0.00000320. The van der Waals surface area contributed by atoms with Gasteiger partial charge in [-0.2, -0.15) is 0 Å². The predicted molar refractivity (Wildman–Crippen MR) is 113 cm³/mol. The first-order chi connectivity index (χ1) is 13.9. The van der Waals surface area contributed by atoms with Gasteiger partial charge in [-0.05, 0) is 35.4 Å². The van der Waals surface area contributed by atoms with Crippen molar-refractivity contribution in [3.8, 4) is 0 Å². The zero-order chi connectivity index (χ0) is 20.7. The summed E-state index contributed by atoms with van der Waals surface area (Å²) in [6, 6.07) is 17.3. The molecule has 3 rings (SSSR count). The van der Waals surface area contributed by atoms with E-state index in [1.807, 2.05) is 30.3 Å². The van der Waals surface area contributed by atoms with Gasteiger partial charge in [0.05, 0.1) is 18.0 Å². The van der Waals surface area contributed by atoms with Crippen LogP contribution in [0, 0.1) is 5.82 Å². The predicted octanol–water partition coefficient (Wildman–Crippen LogP) is 3.45. The number of carbonyl (C=O) groups is 1. The lowest BCUT2D eigenvalue weighted by molar-refractivity contribution is 0.0229. The molecule has 1 aromatic heterocycles. The lowest BCUT2D eigenvalue weighted by Gasteiger charge is -2.10. The van der Waals surface area contributed by atoms with E-state index in [0.29, 0.717) is 5.56 Å². The van der Waals surface area contributed by atoms with Gasteiger partial charge in [0.1, 0.15) is 11.5 Å². The van der Waals surface area contributed by atoms with Crippen LogP contribution in [0.2, 0.25) is 0 Å². The van der Waals surface area contributed by atoms with Crippen molar-refractivity contribution in [3.63, 3.8) is 0 Å². The number of pyridine rings is 1. The number of carbonyl (C=O) groups excluding carboxylic acids is 1. The third kappa shape index (κ3) is 7.11. The molecule has 0 bridgehead atoms. The summed E-state index contributed by atoms with van der Waals surface area (Å²) in [4.78, 5) is 21.2. The number of nitrogens with one attached hydrogen (secondary N) is 2. The Kier molecular flexibility index (Phi) is 8.28. The van der Waals surface area contributed by atoms with Crippen LogP contribution in [0.25, 0.3) is 0 Å². The Morgan fingerprint density at radius 1 is 1.00 bits per heavy atom. The molecule has 2 N–H and O–H groups in total. The second kappa shape index (κ2) is 10.7. The van der Waals surface area contributed by atoms with Crippen LogP contribution in [0.4, 0.5) is 10.1 Å². The molecule has 0 aliphatic carbocycles. The Morgan fingerprint density at radius 2 is 1.73 bits per heavy atom. The maximum atomic E-state index is 13.2. The van der Waals surface area contributed by atoms with Crippen LogP contribution >= 0.6 is 12.4 Å². The van der Waals surface area contributed by atoms with Crippen molar-refractivity contribution < 1.29 is 22.4 Å². The number of hydrogen-bond acceptors (Lipinski definition) is 5. The number of halogens is 2. The molecule has 10 heteroatoms. The lowest BCUT2D eigenvalue weighted by Crippen LogP contribution is -2.24. The SMILES string of the molecule is Cl.O=C(NOCc1ccccc1)c1cc(NS(=O)(=O)Cc2cccc(F)c2)ccn1. The molecular formula is C20H19ClFN3O4S. The second-order valence-electron chi connectivity index (χ2n) is 6.13. The number of benzene rings is 2. The lowest BCUT2D eigenvalue weighted by atomic mass is 10.2. The molecule has 2 aromatic carbocycles. The van der Waals surface area contributed by atoms with E-state index < -0.39 is 27.5 Å². The van der Waals surface area contributed by atoms with Gasteiger partial charge in [0.25, 0.3) is 5.91 Å². The third-order valence-electron chi connectivity index (χ3n) is 3.76. The van der Waals surface area contributed by atoms with Gasteiger partial charge >= 0.3 is 0 Å². The number of nitrogens with zero attached hydrogens (tertiary/aromatic N) is 1. The summed E-state index contributed by atoms with van der Waals surface area (Å²) >= 11 is 0. The van der Waals surface area contributed by atoms with Crippen LogP contribution in [-0.4, -0.2) is 19.3 Å². The number of anilines is 1. The van der Waals surface area contributed by atoms with Gasteiger partial charge < -0.3 is 0 Å². The zero-order valence-electron chi connectivity index (χ0n) is 15.6. The van der Waals surface area contributed by atoms with Crippen LogP contribution in [-0.2, 0) is 27.2 Å². The first kappa shape index (κ1) is 23.3. The minimum Gasteiger partial charge on any atom is -0.283 e. The molecule has 0 unspecified atom stereocenters. The van der Waals surface area contributed by atoms with Gasteiger partial charge in [-0.25, -0.2) is 18.3 Å². The molecule has 158 valence electrons. The normalized spacial score (nSPS) is 10.7. The molecule has 0 saturated heterocycles. The summed E-state index contributed by atoms with van der Waals surface area (Å²) in [5.74, 6) is -1.54. The van der Waals surface area contributed by atoms with E-state index in [1.165, 1.54) is 36.5 Å². The molecule has 0 spiro atoms. The smallest absolute Gasteiger partial charge is 0.283 e. The number of hydroxylamine groups is 1. The highest BCUT2D eigenvalue weighted by molar-refractivity contribution is 7.91. The van der Waals surface area contributed by atoms with Crippen molar-refractivity contribution in [1.29, 1.82) is 0 Å². The van der Waals surface area contributed by atoms with Crippen molar-refractivity contribution in [2.75, 3.05) is 4.72 Å². The van der Waals surface area contributed by atoms with E-state index >= 15 is 0 Å². The summed E-state index contributed by atoms with van der Waals surface area (Å²) < 4.78 is 40.2. The van der Waals surface area contributed by atoms with E-state index in [9.17, 15) is 17.6 Å². The van der Waals surface area contributed by atoms with E-state index in [2.05, 4.69) is 15.2 Å². The van der Waals surface area contributed by atoms with Gasteiger partial charge in [0.15, 0.2) is 0 Å². The number of amides is 1. The summed E-state index contributed by atoms with van der Waals surface area (Å²) in [6.45, 7) is 0.173. The minimum atomic E-state index is -3.81. The maximum absolute atomic E-state index is 13.2. The van der Waals surface area contributed by atoms with Crippen LogP contribution in [0.5, 0.6) is 0 Å². The first-order valence-corrected chi connectivity index (χ1v) is 10.2. The number of aromatic nitrogens is 1. The van der Waals surface area contributed by atoms with Crippen LogP contribution < -0.4 is 10.2 Å². The van der Waals surface area contributed by atoms with Crippen LogP contribution in [0.3, 0.4) is 0 Å². The van der Waals surface area contributed by atoms with E-state index in [4.69, 9.17) is 4.84 Å². The molecule has 0 fully saturated rings. The summed E-state index contributed by atoms with van der Waals surface area (Å²) in [7, 11) is -3.81. The average Bonchev–Trinajstić information content (AvgIpc) is 2.68. The number of rotatable bonds is 8. The Morgan fingerprint density at radius 3 is 2.47 bits per heavy atom. The Labute approximate surface area is 179 Å². The average molecular weight is 452 g/mol. The topological polar surface area (TPSA) is 97.4 Å². The second-order valence-corrected chi connectivity index (χ2v) is 7.85. The monoisotopic (exact) mass is 451 g/mol. The Hall–Kier alpha value is -3.01. The van der Waals surface area contributed by atoms with Gasteiger partial charge in [-0.1, -0.05) is 42.5 Å².